The van der Waals surface area contributed by atoms with Crippen molar-refractivity contribution in [1.29, 1.82) is 0 Å². The maximum Gasteiger partial charge on any atom is 0.159 e. The summed E-state index contributed by atoms with van der Waals surface area (Å²) in [4.78, 5) is 12.9. The van der Waals surface area contributed by atoms with E-state index in [1.54, 1.807) is 0 Å². The number of fused-ring (bicyclic) bond motifs is 4. The van der Waals surface area contributed by atoms with E-state index in [0.29, 0.717) is 5.84 Å². The molecule has 53 heavy (non-hydrogen) atoms. The molecular weight excluding hydrogens is 645 g/mol. The van der Waals surface area contributed by atoms with Crippen LogP contribution in [0.1, 0.15) is 22.9 Å². The number of hydrogen-bond acceptors (Lipinski definition) is 4. The van der Waals surface area contributed by atoms with Crippen molar-refractivity contribution in [2.75, 3.05) is 4.90 Å². The first-order valence-corrected chi connectivity index (χ1v) is 18.0. The zero-order chi connectivity index (χ0) is 35.1. The van der Waals surface area contributed by atoms with Crippen molar-refractivity contribution in [3.05, 3.63) is 211 Å². The lowest BCUT2D eigenvalue weighted by molar-refractivity contribution is 0.680. The highest BCUT2D eigenvalue weighted by atomic mass is 15.2. The lowest BCUT2D eigenvalue weighted by Gasteiger charge is -2.33. The van der Waals surface area contributed by atoms with Crippen molar-refractivity contribution in [3.63, 3.8) is 0 Å². The summed E-state index contributed by atoms with van der Waals surface area (Å²) in [6.45, 7) is 0. The summed E-state index contributed by atoms with van der Waals surface area (Å²) in [5, 5.41) is 6.12. The highest BCUT2D eigenvalue weighted by molar-refractivity contribution is 6.15. The SMILES string of the molecule is c1ccc(C2=NC(c3cccc(-c4ccccc4)c3)=NC(c3ccc4c5c(cccc35)-c3ccccc3N(c3ccccc3)c3ccccc3-4)N2)cc1. The van der Waals surface area contributed by atoms with E-state index in [-0.39, 0.29) is 6.17 Å². The number of para-hydroxylation sites is 3. The Labute approximate surface area is 309 Å². The third-order valence-corrected chi connectivity index (χ3v) is 10.3. The number of aliphatic imine (C=N–C) groups is 2. The van der Waals surface area contributed by atoms with Crippen LogP contribution < -0.4 is 10.2 Å². The van der Waals surface area contributed by atoms with Crippen LogP contribution in [-0.4, -0.2) is 11.7 Å². The Bertz CT molecular complexity index is 2650. The van der Waals surface area contributed by atoms with Crippen LogP contribution in [0.4, 0.5) is 17.1 Å². The van der Waals surface area contributed by atoms with Gasteiger partial charge in [-0.3, -0.25) is 0 Å². The second kappa shape index (κ2) is 12.9. The third-order valence-electron chi connectivity index (χ3n) is 10.3. The molecule has 10 rings (SSSR count). The molecule has 2 heterocycles. The van der Waals surface area contributed by atoms with Gasteiger partial charge in [-0.15, -0.1) is 0 Å². The molecule has 0 aromatic heterocycles. The predicted octanol–water partition coefficient (Wildman–Crippen LogP) is 12.1. The van der Waals surface area contributed by atoms with Crippen LogP contribution in [0.25, 0.3) is 44.2 Å². The van der Waals surface area contributed by atoms with Gasteiger partial charge < -0.3 is 10.2 Å². The fourth-order valence-electron chi connectivity index (χ4n) is 7.84. The maximum absolute atomic E-state index is 5.38. The molecule has 0 fully saturated rings. The molecule has 4 nitrogen and oxygen atoms in total. The summed E-state index contributed by atoms with van der Waals surface area (Å²) < 4.78 is 0. The molecule has 0 aliphatic carbocycles. The van der Waals surface area contributed by atoms with Crippen molar-refractivity contribution < 1.29 is 0 Å². The van der Waals surface area contributed by atoms with Gasteiger partial charge in [0.05, 0.1) is 11.4 Å². The van der Waals surface area contributed by atoms with Gasteiger partial charge in [0, 0.05) is 33.5 Å². The van der Waals surface area contributed by atoms with Gasteiger partial charge in [0.2, 0.25) is 0 Å². The molecule has 2 aliphatic heterocycles. The fraction of sp³-hybridized carbons (Fsp3) is 0.0204. The van der Waals surface area contributed by atoms with E-state index in [1.165, 1.54) is 27.6 Å². The summed E-state index contributed by atoms with van der Waals surface area (Å²) >= 11 is 0. The Morgan fingerprint density at radius 1 is 0.434 bits per heavy atom. The van der Waals surface area contributed by atoms with Gasteiger partial charge in [-0.2, -0.15) is 0 Å². The average molecular weight is 679 g/mol. The number of benzene rings is 8. The van der Waals surface area contributed by atoms with Crippen molar-refractivity contribution in [2.24, 2.45) is 9.98 Å². The maximum atomic E-state index is 5.38. The van der Waals surface area contributed by atoms with Crippen molar-refractivity contribution in [1.82, 2.24) is 5.32 Å². The first-order chi connectivity index (χ1) is 26.3. The quantitative estimate of drug-likeness (QED) is 0.197. The van der Waals surface area contributed by atoms with Gasteiger partial charge in [-0.1, -0.05) is 164 Å². The number of amidine groups is 2. The molecule has 0 saturated heterocycles. The molecule has 1 unspecified atom stereocenters. The van der Waals surface area contributed by atoms with E-state index in [1.807, 2.05) is 12.1 Å². The van der Waals surface area contributed by atoms with Crippen molar-refractivity contribution in [2.45, 2.75) is 6.17 Å². The second-order valence-corrected chi connectivity index (χ2v) is 13.4. The summed E-state index contributed by atoms with van der Waals surface area (Å²) in [6.07, 6.45) is -0.376. The Morgan fingerprint density at radius 3 is 1.70 bits per heavy atom. The highest BCUT2D eigenvalue weighted by Gasteiger charge is 2.28. The molecule has 250 valence electrons. The number of anilines is 3. The van der Waals surface area contributed by atoms with Crippen molar-refractivity contribution in [3.8, 4) is 33.4 Å². The summed E-state index contributed by atoms with van der Waals surface area (Å²) in [6, 6.07) is 68.8. The Kier molecular flexibility index (Phi) is 7.51. The molecule has 0 saturated carbocycles. The zero-order valence-electron chi connectivity index (χ0n) is 28.9. The van der Waals surface area contributed by atoms with E-state index in [2.05, 4.69) is 192 Å². The Hall–Kier alpha value is -7.04. The molecule has 4 heteroatoms. The second-order valence-electron chi connectivity index (χ2n) is 13.4. The Balaban J connectivity index is 1.19. The molecule has 0 bridgehead atoms. The first kappa shape index (κ1) is 30.8. The summed E-state index contributed by atoms with van der Waals surface area (Å²) in [5.41, 5.74) is 13.5. The van der Waals surface area contributed by atoms with Crippen LogP contribution in [0.2, 0.25) is 0 Å². The van der Waals surface area contributed by atoms with Gasteiger partial charge in [0.15, 0.2) is 5.84 Å². The zero-order valence-corrected chi connectivity index (χ0v) is 28.9. The molecule has 0 amide bonds. The molecular formula is C49H34N4. The minimum Gasteiger partial charge on any atom is -0.344 e. The lowest BCUT2D eigenvalue weighted by atomic mass is 9.85. The van der Waals surface area contributed by atoms with Crippen LogP contribution in [-0.2, 0) is 0 Å². The van der Waals surface area contributed by atoms with Gasteiger partial charge in [0.1, 0.15) is 12.0 Å². The van der Waals surface area contributed by atoms with E-state index >= 15 is 0 Å². The normalized spacial score (nSPS) is 14.6. The molecule has 0 radical (unpaired) electrons. The van der Waals surface area contributed by atoms with Gasteiger partial charge in [0.25, 0.3) is 0 Å². The number of hydrogen-bond donors (Lipinski definition) is 1. The highest BCUT2D eigenvalue weighted by Crippen LogP contribution is 2.51. The largest absolute Gasteiger partial charge is 0.344 e. The molecule has 8 aromatic rings. The molecule has 0 spiro atoms. The number of rotatable bonds is 5. The van der Waals surface area contributed by atoms with E-state index < -0.39 is 0 Å². The van der Waals surface area contributed by atoms with E-state index in [4.69, 9.17) is 9.98 Å². The molecule has 1 atom stereocenters. The standard InChI is InChI=1S/C49H34N4/c1-4-16-33(17-5-1)35-20-14-21-36(32-35)48-50-47(34-18-6-2-7-19-34)51-49(52-48)43-31-30-42-39-25-11-13-29-45(39)53(37-22-8-3-9-23-37)44-28-12-10-24-38(44)40-26-15-27-41(43)46(40)42/h1-32,49H,(H,50,51,52). The Morgan fingerprint density at radius 2 is 0.981 bits per heavy atom. The third kappa shape index (κ3) is 5.40. The van der Waals surface area contributed by atoms with E-state index in [9.17, 15) is 0 Å². The van der Waals surface area contributed by atoms with Crippen LogP contribution in [0.5, 0.6) is 0 Å². The minimum absolute atomic E-state index is 0.376. The van der Waals surface area contributed by atoms with Crippen LogP contribution in [0.3, 0.4) is 0 Å². The smallest absolute Gasteiger partial charge is 0.159 e. The first-order valence-electron chi connectivity index (χ1n) is 18.0. The van der Waals surface area contributed by atoms with E-state index in [0.717, 1.165) is 56.1 Å². The summed E-state index contributed by atoms with van der Waals surface area (Å²) in [7, 11) is 0. The lowest BCUT2D eigenvalue weighted by Crippen LogP contribution is -2.33. The predicted molar refractivity (Wildman–Crippen MR) is 220 cm³/mol. The van der Waals surface area contributed by atoms with Gasteiger partial charge in [-0.05, 0) is 63.4 Å². The number of nitrogens with zero attached hydrogens (tertiary/aromatic N) is 3. The number of nitrogens with one attached hydrogen (secondary N) is 1. The van der Waals surface area contributed by atoms with Crippen LogP contribution in [0, 0.1) is 0 Å². The topological polar surface area (TPSA) is 40.0 Å². The molecule has 8 aromatic carbocycles. The van der Waals surface area contributed by atoms with Crippen LogP contribution in [0.15, 0.2) is 204 Å². The fourth-order valence-corrected chi connectivity index (χ4v) is 7.84. The van der Waals surface area contributed by atoms with Crippen LogP contribution >= 0.6 is 0 Å². The molecule has 2 aliphatic rings. The minimum atomic E-state index is -0.376. The van der Waals surface area contributed by atoms with Gasteiger partial charge in [-0.25, -0.2) is 9.98 Å². The van der Waals surface area contributed by atoms with Gasteiger partial charge >= 0.3 is 0 Å². The monoisotopic (exact) mass is 678 g/mol. The molecule has 1 N–H and O–H groups in total. The average Bonchev–Trinajstić information content (AvgIpc) is 3.24. The van der Waals surface area contributed by atoms with Crippen molar-refractivity contribution >= 4 is 39.5 Å². The summed E-state index contributed by atoms with van der Waals surface area (Å²) in [5.74, 6) is 1.50.